The molecule has 3 rings (SSSR count). The molecule has 2 aliphatic carbocycles. The van der Waals surface area contributed by atoms with Crippen molar-refractivity contribution in [3.05, 3.63) is 70.8 Å². The third kappa shape index (κ3) is 6.71. The highest BCUT2D eigenvalue weighted by Gasteiger charge is 2.31. The van der Waals surface area contributed by atoms with Gasteiger partial charge in [-0.3, -0.25) is 19.3 Å². The van der Waals surface area contributed by atoms with Gasteiger partial charge < -0.3 is 0 Å². The van der Waals surface area contributed by atoms with Crippen molar-refractivity contribution in [2.75, 3.05) is 4.90 Å². The summed E-state index contributed by atoms with van der Waals surface area (Å²) in [5.41, 5.74) is 0.660. The molecule has 2 N–H and O–H groups in total. The molecule has 0 fully saturated rings. The number of hydrogen-bond acceptors (Lipinski definition) is 9. The van der Waals surface area contributed by atoms with Crippen molar-refractivity contribution in [2.45, 2.75) is 31.6 Å². The van der Waals surface area contributed by atoms with E-state index in [1.165, 1.54) is 47.4 Å². The molecule has 194 valence electrons. The molecule has 2 aliphatic rings. The Morgan fingerprint density at radius 2 is 1.49 bits per heavy atom. The fourth-order valence-corrected chi connectivity index (χ4v) is 6.16. The number of rotatable bonds is 7. The first kappa shape index (κ1) is 28.2. The van der Waals surface area contributed by atoms with E-state index in [9.17, 15) is 31.2 Å². The van der Waals surface area contributed by atoms with E-state index in [1.54, 1.807) is 12.2 Å². The molecule has 0 atom stereocenters. The topological polar surface area (TPSA) is 147 Å². The largest absolute Gasteiger partial charge is 0.276 e. The third-order valence-corrected chi connectivity index (χ3v) is 8.59. The number of amides is 3. The number of carbonyl (C=O) groups is 3. The second-order valence-electron chi connectivity index (χ2n) is 7.92. The molecular formula is C23H21N3O7S4. The van der Waals surface area contributed by atoms with Crippen LogP contribution in [0.5, 0.6) is 0 Å². The SMILES string of the molecule is CC(=O)NS(=O)(=O)C1=CC=C(N(C(=O)C2=CC(=S)CC=C2)c2ccc(S(=O)(=O)NC(C)=O)cc2)C(=S)C1. The number of thiocarbonyl (C=S) groups is 2. The molecule has 0 radical (unpaired) electrons. The van der Waals surface area contributed by atoms with Crippen molar-refractivity contribution in [1.29, 1.82) is 0 Å². The summed E-state index contributed by atoms with van der Waals surface area (Å²) in [7, 11) is -8.24. The molecule has 0 heterocycles. The summed E-state index contributed by atoms with van der Waals surface area (Å²) >= 11 is 10.7. The first-order valence-corrected chi connectivity index (χ1v) is 14.4. The maximum absolute atomic E-state index is 13.6. The van der Waals surface area contributed by atoms with Crippen molar-refractivity contribution < 1.29 is 31.2 Å². The monoisotopic (exact) mass is 579 g/mol. The molecule has 0 bridgehead atoms. The average Bonchev–Trinajstić information content (AvgIpc) is 2.79. The molecule has 10 nitrogen and oxygen atoms in total. The molecular weight excluding hydrogens is 559 g/mol. The van der Waals surface area contributed by atoms with Crippen LogP contribution in [0.2, 0.25) is 0 Å². The van der Waals surface area contributed by atoms with Crippen molar-refractivity contribution in [3.63, 3.8) is 0 Å². The molecule has 37 heavy (non-hydrogen) atoms. The Kier molecular flexibility index (Phi) is 8.37. The van der Waals surface area contributed by atoms with Gasteiger partial charge in [0.2, 0.25) is 11.8 Å². The predicted octanol–water partition coefficient (Wildman–Crippen LogP) is 2.11. The summed E-state index contributed by atoms with van der Waals surface area (Å²) in [4.78, 5) is 37.6. The maximum Gasteiger partial charge on any atom is 0.264 e. The van der Waals surface area contributed by atoms with Gasteiger partial charge in [0.1, 0.15) is 0 Å². The molecule has 1 aromatic carbocycles. The zero-order valence-electron chi connectivity index (χ0n) is 19.5. The molecule has 14 heteroatoms. The van der Waals surface area contributed by atoms with E-state index in [1.807, 2.05) is 9.44 Å². The number of benzene rings is 1. The van der Waals surface area contributed by atoms with E-state index < -0.39 is 37.8 Å². The maximum atomic E-state index is 13.6. The first-order chi connectivity index (χ1) is 17.2. The second kappa shape index (κ2) is 11.0. The molecule has 3 amide bonds. The molecule has 0 saturated heterocycles. The van der Waals surface area contributed by atoms with Gasteiger partial charge in [-0.2, -0.15) is 0 Å². The van der Waals surface area contributed by atoms with Crippen LogP contribution in [0.1, 0.15) is 26.7 Å². The van der Waals surface area contributed by atoms with Gasteiger partial charge in [-0.25, -0.2) is 26.3 Å². The number of carbonyl (C=O) groups excluding carboxylic acids is 3. The first-order valence-electron chi connectivity index (χ1n) is 10.6. The Morgan fingerprint density at radius 1 is 0.892 bits per heavy atom. The zero-order chi connectivity index (χ0) is 27.5. The Labute approximate surface area is 224 Å². The lowest BCUT2D eigenvalue weighted by atomic mass is 10.0. The lowest BCUT2D eigenvalue weighted by Crippen LogP contribution is -2.37. The second-order valence-corrected chi connectivity index (χ2v) is 12.4. The summed E-state index contributed by atoms with van der Waals surface area (Å²) in [6, 6.07) is 5.14. The fraction of sp³-hybridized carbons (Fsp3) is 0.174. The smallest absolute Gasteiger partial charge is 0.264 e. The normalized spacial score (nSPS) is 15.8. The van der Waals surface area contributed by atoms with Crippen LogP contribution in [0.25, 0.3) is 0 Å². The van der Waals surface area contributed by atoms with Gasteiger partial charge in [0.15, 0.2) is 0 Å². The quantitative estimate of drug-likeness (QED) is 0.464. The molecule has 0 spiro atoms. The van der Waals surface area contributed by atoms with Gasteiger partial charge in [-0.05, 0) is 42.5 Å². The Bertz CT molecular complexity index is 1550. The van der Waals surface area contributed by atoms with Crippen LogP contribution in [0, 0.1) is 0 Å². The third-order valence-electron chi connectivity index (χ3n) is 4.98. The van der Waals surface area contributed by atoms with Crippen molar-refractivity contribution >= 4 is 77.6 Å². The average molecular weight is 580 g/mol. The highest BCUT2D eigenvalue weighted by Crippen LogP contribution is 2.30. The minimum atomic E-state index is -4.12. The summed E-state index contributed by atoms with van der Waals surface area (Å²) in [6.45, 7) is 2.12. The summed E-state index contributed by atoms with van der Waals surface area (Å²) < 4.78 is 53.2. The predicted molar refractivity (Wildman–Crippen MR) is 145 cm³/mol. The van der Waals surface area contributed by atoms with Gasteiger partial charge in [0.25, 0.3) is 26.0 Å². The Balaban J connectivity index is 2.10. The number of nitrogens with one attached hydrogen (secondary N) is 2. The van der Waals surface area contributed by atoms with E-state index in [0.29, 0.717) is 11.3 Å². The summed E-state index contributed by atoms with van der Waals surface area (Å²) in [5, 5.41) is 0. The van der Waals surface area contributed by atoms with Crippen LogP contribution in [-0.4, -0.2) is 44.3 Å². The highest BCUT2D eigenvalue weighted by atomic mass is 32.2. The van der Waals surface area contributed by atoms with Crippen LogP contribution in [-0.2, 0) is 34.4 Å². The van der Waals surface area contributed by atoms with E-state index in [-0.39, 0.29) is 38.0 Å². The van der Waals surface area contributed by atoms with Gasteiger partial charge in [0, 0.05) is 47.7 Å². The van der Waals surface area contributed by atoms with Gasteiger partial charge >= 0.3 is 0 Å². The molecule has 0 aliphatic heterocycles. The van der Waals surface area contributed by atoms with Crippen LogP contribution < -0.4 is 14.3 Å². The zero-order valence-corrected chi connectivity index (χ0v) is 22.8. The number of sulfonamides is 2. The van der Waals surface area contributed by atoms with E-state index in [2.05, 4.69) is 0 Å². The summed E-state index contributed by atoms with van der Waals surface area (Å²) in [5.74, 6) is -2.06. The van der Waals surface area contributed by atoms with Crippen molar-refractivity contribution in [1.82, 2.24) is 9.44 Å². The van der Waals surface area contributed by atoms with Crippen LogP contribution in [0.15, 0.2) is 75.7 Å². The molecule has 0 unspecified atom stereocenters. The molecule has 0 aromatic heterocycles. The van der Waals surface area contributed by atoms with Crippen LogP contribution in [0.3, 0.4) is 0 Å². The molecule has 1 aromatic rings. The van der Waals surface area contributed by atoms with Gasteiger partial charge in [-0.1, -0.05) is 36.6 Å². The minimum Gasteiger partial charge on any atom is -0.276 e. The van der Waals surface area contributed by atoms with E-state index in [4.69, 9.17) is 24.4 Å². The van der Waals surface area contributed by atoms with Crippen LogP contribution >= 0.6 is 24.4 Å². The van der Waals surface area contributed by atoms with E-state index in [0.717, 1.165) is 13.8 Å². The Hall–Kier alpha value is -3.33. The fourth-order valence-electron chi connectivity index (χ4n) is 3.44. The number of allylic oxidation sites excluding steroid dienone is 6. The summed E-state index contributed by atoms with van der Waals surface area (Å²) in [6.07, 6.45) is 7.67. The lowest BCUT2D eigenvalue weighted by molar-refractivity contribution is -0.118. The Morgan fingerprint density at radius 3 is 2.03 bits per heavy atom. The number of hydrogen-bond donors (Lipinski definition) is 2. The van der Waals surface area contributed by atoms with Crippen molar-refractivity contribution in [3.8, 4) is 0 Å². The standard InChI is InChI=1S/C23H21N3O7S4/c1-14(27)24-36(30,31)19-8-6-17(7-9-19)26(23(29)16-4-3-5-18(34)12-16)21-11-10-20(13-22(21)35)37(32,33)25-15(2)28/h3-4,6-12H,5,13H2,1-2H3,(H,24,27)(H,25,28). The van der Waals surface area contributed by atoms with Crippen LogP contribution in [0.4, 0.5) is 5.69 Å². The lowest BCUT2D eigenvalue weighted by Gasteiger charge is -2.29. The number of nitrogens with zero attached hydrogens (tertiary/aromatic N) is 1. The van der Waals surface area contributed by atoms with Gasteiger partial charge in [-0.15, -0.1) is 0 Å². The molecule has 0 saturated carbocycles. The highest BCUT2D eigenvalue weighted by molar-refractivity contribution is 7.94. The van der Waals surface area contributed by atoms with Crippen molar-refractivity contribution in [2.24, 2.45) is 0 Å². The van der Waals surface area contributed by atoms with E-state index >= 15 is 0 Å². The van der Waals surface area contributed by atoms with Gasteiger partial charge in [0.05, 0.1) is 15.5 Å². The minimum absolute atomic E-state index is 0.0951. The number of anilines is 1.